The molecule has 0 bridgehead atoms. The molecular formula is C16H19N3O. The quantitative estimate of drug-likeness (QED) is 0.791. The fraction of sp³-hybridized carbons (Fsp3) is 0.312. The third kappa shape index (κ3) is 2.12. The van der Waals surface area contributed by atoms with Crippen LogP contribution in [0.3, 0.4) is 0 Å². The molecule has 0 unspecified atom stereocenters. The number of nitrogens with zero attached hydrogens (tertiary/aromatic N) is 2. The molecule has 2 heterocycles. The Morgan fingerprint density at radius 2 is 2.10 bits per heavy atom. The van der Waals surface area contributed by atoms with Crippen molar-refractivity contribution < 1.29 is 4.52 Å². The lowest BCUT2D eigenvalue weighted by Gasteiger charge is -2.07. The minimum Gasteiger partial charge on any atom is -0.361 e. The third-order valence-corrected chi connectivity index (χ3v) is 3.78. The summed E-state index contributed by atoms with van der Waals surface area (Å²) < 4.78 is 7.50. The number of aromatic nitrogens is 2. The first kappa shape index (κ1) is 12.9. The van der Waals surface area contributed by atoms with Crippen LogP contribution in [0.2, 0.25) is 0 Å². The summed E-state index contributed by atoms with van der Waals surface area (Å²) in [6.07, 6.45) is 2.13. The summed E-state index contributed by atoms with van der Waals surface area (Å²) in [5, 5.41) is 8.54. The molecule has 1 aromatic carbocycles. The Kier molecular flexibility index (Phi) is 3.32. The van der Waals surface area contributed by atoms with Gasteiger partial charge in [-0.25, -0.2) is 0 Å². The van der Waals surface area contributed by atoms with Gasteiger partial charge in [-0.1, -0.05) is 17.3 Å². The summed E-state index contributed by atoms with van der Waals surface area (Å²) >= 11 is 0. The summed E-state index contributed by atoms with van der Waals surface area (Å²) in [5.41, 5.74) is 4.71. The van der Waals surface area contributed by atoms with E-state index in [2.05, 4.69) is 45.5 Å². The van der Waals surface area contributed by atoms with E-state index in [4.69, 9.17) is 4.52 Å². The van der Waals surface area contributed by atoms with E-state index in [0.29, 0.717) is 0 Å². The van der Waals surface area contributed by atoms with Crippen molar-refractivity contribution in [3.8, 4) is 0 Å². The van der Waals surface area contributed by atoms with Gasteiger partial charge in [0.2, 0.25) is 0 Å². The van der Waals surface area contributed by atoms with Crippen LogP contribution in [0.1, 0.15) is 22.6 Å². The Morgan fingerprint density at radius 1 is 1.25 bits per heavy atom. The fourth-order valence-electron chi connectivity index (χ4n) is 2.67. The maximum absolute atomic E-state index is 5.25. The van der Waals surface area contributed by atoms with Crippen molar-refractivity contribution in [2.75, 3.05) is 7.05 Å². The molecule has 0 aliphatic rings. The summed E-state index contributed by atoms with van der Waals surface area (Å²) in [6.45, 7) is 5.64. The van der Waals surface area contributed by atoms with Crippen LogP contribution in [-0.4, -0.2) is 16.8 Å². The number of nitrogens with one attached hydrogen (secondary N) is 1. The molecule has 0 radical (unpaired) electrons. The van der Waals surface area contributed by atoms with Crippen LogP contribution in [0.5, 0.6) is 0 Å². The van der Waals surface area contributed by atoms with Gasteiger partial charge in [-0.05, 0) is 38.6 Å². The van der Waals surface area contributed by atoms with Crippen molar-refractivity contribution in [3.05, 3.63) is 53.0 Å². The van der Waals surface area contributed by atoms with Crippen LogP contribution >= 0.6 is 0 Å². The molecule has 3 rings (SSSR count). The molecule has 0 amide bonds. The van der Waals surface area contributed by atoms with E-state index in [1.165, 1.54) is 22.0 Å². The van der Waals surface area contributed by atoms with Gasteiger partial charge >= 0.3 is 0 Å². The first-order valence-electron chi connectivity index (χ1n) is 6.84. The highest BCUT2D eigenvalue weighted by molar-refractivity contribution is 5.83. The molecule has 0 saturated carbocycles. The minimum absolute atomic E-state index is 0.799. The second-order valence-electron chi connectivity index (χ2n) is 5.13. The van der Waals surface area contributed by atoms with Crippen molar-refractivity contribution in [1.82, 2.24) is 15.0 Å². The molecule has 0 spiro atoms. The van der Waals surface area contributed by atoms with E-state index in [0.717, 1.165) is 24.5 Å². The SMILES string of the molecule is CNCc1cccc2c1ccn2Cc1c(C)noc1C. The molecule has 0 aliphatic carbocycles. The van der Waals surface area contributed by atoms with Gasteiger partial charge in [0.05, 0.1) is 12.2 Å². The number of aryl methyl sites for hydroxylation is 2. The minimum atomic E-state index is 0.799. The van der Waals surface area contributed by atoms with Crippen LogP contribution < -0.4 is 5.32 Å². The van der Waals surface area contributed by atoms with Gasteiger partial charge in [0.15, 0.2) is 0 Å². The predicted molar refractivity (Wildman–Crippen MR) is 79.8 cm³/mol. The molecule has 20 heavy (non-hydrogen) atoms. The van der Waals surface area contributed by atoms with Gasteiger partial charge in [-0.2, -0.15) is 0 Å². The van der Waals surface area contributed by atoms with E-state index in [1.54, 1.807) is 0 Å². The normalized spacial score (nSPS) is 11.3. The summed E-state index contributed by atoms with van der Waals surface area (Å²) in [4.78, 5) is 0. The highest BCUT2D eigenvalue weighted by atomic mass is 16.5. The van der Waals surface area contributed by atoms with E-state index in [1.807, 2.05) is 20.9 Å². The van der Waals surface area contributed by atoms with Crippen molar-refractivity contribution in [3.63, 3.8) is 0 Å². The number of fused-ring (bicyclic) bond motifs is 1. The lowest BCUT2D eigenvalue weighted by Crippen LogP contribution is -2.05. The maximum Gasteiger partial charge on any atom is 0.138 e. The molecule has 0 atom stereocenters. The van der Waals surface area contributed by atoms with Crippen molar-refractivity contribution in [2.24, 2.45) is 0 Å². The number of benzene rings is 1. The van der Waals surface area contributed by atoms with E-state index in [-0.39, 0.29) is 0 Å². The second-order valence-corrected chi connectivity index (χ2v) is 5.13. The second kappa shape index (κ2) is 5.13. The molecule has 1 N–H and O–H groups in total. The van der Waals surface area contributed by atoms with E-state index in [9.17, 15) is 0 Å². The van der Waals surface area contributed by atoms with Gasteiger partial charge in [0.1, 0.15) is 5.76 Å². The Labute approximate surface area is 118 Å². The summed E-state index contributed by atoms with van der Waals surface area (Å²) in [6, 6.07) is 8.62. The molecule has 0 aliphatic heterocycles. The van der Waals surface area contributed by atoms with Gasteiger partial charge in [0.25, 0.3) is 0 Å². The smallest absolute Gasteiger partial charge is 0.138 e. The van der Waals surface area contributed by atoms with Crippen LogP contribution in [0, 0.1) is 13.8 Å². The Hall–Kier alpha value is -2.07. The number of rotatable bonds is 4. The zero-order chi connectivity index (χ0) is 14.1. The average Bonchev–Trinajstić information content (AvgIpc) is 2.99. The lowest BCUT2D eigenvalue weighted by molar-refractivity contribution is 0.392. The standard InChI is InChI=1S/C16H19N3O/c1-11-15(12(2)20-18-11)10-19-8-7-14-13(9-17-3)5-4-6-16(14)19/h4-8,17H,9-10H2,1-3H3. The fourth-order valence-corrected chi connectivity index (χ4v) is 2.67. The maximum atomic E-state index is 5.25. The Morgan fingerprint density at radius 3 is 2.80 bits per heavy atom. The van der Waals surface area contributed by atoms with E-state index >= 15 is 0 Å². The van der Waals surface area contributed by atoms with Crippen molar-refractivity contribution in [1.29, 1.82) is 0 Å². The average molecular weight is 269 g/mol. The third-order valence-electron chi connectivity index (χ3n) is 3.78. The largest absolute Gasteiger partial charge is 0.361 e. The first-order chi connectivity index (χ1) is 9.70. The molecular weight excluding hydrogens is 250 g/mol. The molecule has 3 aromatic rings. The first-order valence-corrected chi connectivity index (χ1v) is 6.84. The van der Waals surface area contributed by atoms with Gasteiger partial charge in [-0.3, -0.25) is 0 Å². The van der Waals surface area contributed by atoms with E-state index < -0.39 is 0 Å². The molecule has 2 aromatic heterocycles. The molecule has 104 valence electrons. The number of hydrogen-bond acceptors (Lipinski definition) is 3. The van der Waals surface area contributed by atoms with Crippen molar-refractivity contribution in [2.45, 2.75) is 26.9 Å². The van der Waals surface area contributed by atoms with Gasteiger partial charge in [0, 0.05) is 29.2 Å². The molecule has 0 fully saturated rings. The predicted octanol–water partition coefficient (Wildman–Crippen LogP) is 3.01. The Balaban J connectivity index is 2.03. The lowest BCUT2D eigenvalue weighted by atomic mass is 10.1. The van der Waals surface area contributed by atoms with Crippen LogP contribution in [0.25, 0.3) is 10.9 Å². The van der Waals surface area contributed by atoms with Crippen LogP contribution in [-0.2, 0) is 13.1 Å². The van der Waals surface area contributed by atoms with Crippen molar-refractivity contribution >= 4 is 10.9 Å². The summed E-state index contributed by atoms with van der Waals surface area (Å²) in [7, 11) is 1.97. The topological polar surface area (TPSA) is 43.0 Å². The number of hydrogen-bond donors (Lipinski definition) is 1. The molecule has 4 heteroatoms. The monoisotopic (exact) mass is 269 g/mol. The zero-order valence-corrected chi connectivity index (χ0v) is 12.1. The molecule has 0 saturated heterocycles. The van der Waals surface area contributed by atoms with Crippen LogP contribution in [0.15, 0.2) is 35.0 Å². The highest BCUT2D eigenvalue weighted by Crippen LogP contribution is 2.23. The zero-order valence-electron chi connectivity index (χ0n) is 12.1. The summed E-state index contributed by atoms with van der Waals surface area (Å²) in [5.74, 6) is 0.899. The highest BCUT2D eigenvalue weighted by Gasteiger charge is 2.11. The van der Waals surface area contributed by atoms with Gasteiger partial charge < -0.3 is 14.4 Å². The molecule has 4 nitrogen and oxygen atoms in total. The van der Waals surface area contributed by atoms with Gasteiger partial charge in [-0.15, -0.1) is 0 Å². The van der Waals surface area contributed by atoms with Crippen LogP contribution in [0.4, 0.5) is 0 Å². The Bertz CT molecular complexity index is 720.